The Hall–Kier alpha value is -3.21. The number of benzene rings is 1. The molecule has 0 aliphatic heterocycles. The average Bonchev–Trinajstić information content (AvgIpc) is 3.02. The number of nitrogens with zero attached hydrogens (tertiary/aromatic N) is 3. The van der Waals surface area contributed by atoms with Gasteiger partial charge in [-0.25, -0.2) is 4.98 Å². The molecule has 0 bridgehead atoms. The van der Waals surface area contributed by atoms with Gasteiger partial charge in [0.05, 0.1) is 5.52 Å². The Labute approximate surface area is 139 Å². The Morgan fingerprint density at radius 3 is 2.96 bits per heavy atom. The molecule has 1 aliphatic rings. The molecule has 0 radical (unpaired) electrons. The number of aromatic nitrogens is 3. The van der Waals surface area contributed by atoms with E-state index in [2.05, 4.69) is 27.3 Å². The molecule has 0 fully saturated rings. The van der Waals surface area contributed by atoms with Crippen LogP contribution in [0.2, 0.25) is 0 Å². The van der Waals surface area contributed by atoms with Crippen molar-refractivity contribution in [3.05, 3.63) is 84.6 Å². The van der Waals surface area contributed by atoms with Gasteiger partial charge in [0.2, 0.25) is 18.4 Å². The molecule has 3 aromatic rings. The van der Waals surface area contributed by atoms with Crippen molar-refractivity contribution in [3.63, 3.8) is 0 Å². The second-order valence-corrected chi connectivity index (χ2v) is 5.35. The maximum atomic E-state index is 6.10. The molecule has 1 aromatic carbocycles. The Morgan fingerprint density at radius 2 is 2.04 bits per heavy atom. The maximum Gasteiger partial charge on any atom is 0.261 e. The summed E-state index contributed by atoms with van der Waals surface area (Å²) in [4.78, 5) is 4.56. The summed E-state index contributed by atoms with van der Waals surface area (Å²) in [7, 11) is 0. The number of pyridine rings is 1. The van der Waals surface area contributed by atoms with Crippen LogP contribution in [-0.2, 0) is 0 Å². The van der Waals surface area contributed by atoms with E-state index in [9.17, 15) is 0 Å². The third-order valence-electron chi connectivity index (χ3n) is 3.72. The molecule has 1 unspecified atom stereocenters. The van der Waals surface area contributed by atoms with E-state index in [0.717, 1.165) is 22.9 Å². The molecule has 0 saturated carbocycles. The Bertz CT molecular complexity index is 927. The first kappa shape index (κ1) is 14.4. The quantitative estimate of drug-likeness (QED) is 0.722. The first-order valence-electron chi connectivity index (χ1n) is 7.72. The van der Waals surface area contributed by atoms with E-state index >= 15 is 0 Å². The van der Waals surface area contributed by atoms with E-state index in [1.807, 2.05) is 54.6 Å². The first-order valence-corrected chi connectivity index (χ1v) is 7.72. The van der Waals surface area contributed by atoms with E-state index < -0.39 is 6.10 Å². The molecule has 5 nitrogen and oxygen atoms in total. The van der Waals surface area contributed by atoms with Crippen LogP contribution in [-0.4, -0.2) is 15.2 Å². The van der Waals surface area contributed by atoms with E-state index in [1.54, 1.807) is 0 Å². The molecule has 118 valence electrons. The van der Waals surface area contributed by atoms with E-state index in [0.29, 0.717) is 11.8 Å². The summed E-state index contributed by atoms with van der Waals surface area (Å²) in [6.45, 7) is 0. The van der Waals surface area contributed by atoms with Crippen molar-refractivity contribution in [2.45, 2.75) is 12.5 Å². The van der Waals surface area contributed by atoms with E-state index in [4.69, 9.17) is 9.15 Å². The van der Waals surface area contributed by atoms with Crippen molar-refractivity contribution in [3.8, 4) is 5.88 Å². The standard InChI is InChI=1S/C19H15N3O2/c1-2-4-9-15(8-3-1)18(19-22-20-13-23-19)24-17-12-11-14-7-5-6-10-16(14)21-17/h1,3-13,18H,2H2. The highest BCUT2D eigenvalue weighted by Crippen LogP contribution is 2.29. The normalized spacial score (nSPS) is 15.1. The lowest BCUT2D eigenvalue weighted by Gasteiger charge is -2.16. The van der Waals surface area contributed by atoms with Crippen LogP contribution in [0.3, 0.4) is 0 Å². The highest BCUT2D eigenvalue weighted by atomic mass is 16.5. The Morgan fingerprint density at radius 1 is 1.08 bits per heavy atom. The second-order valence-electron chi connectivity index (χ2n) is 5.35. The smallest absolute Gasteiger partial charge is 0.261 e. The second kappa shape index (κ2) is 6.50. The molecule has 4 rings (SSSR count). The van der Waals surface area contributed by atoms with Gasteiger partial charge in [-0.3, -0.25) is 0 Å². The summed E-state index contributed by atoms with van der Waals surface area (Å²) in [5.74, 6) is 0.913. The lowest BCUT2D eigenvalue weighted by atomic mass is 10.1. The van der Waals surface area contributed by atoms with Crippen LogP contribution in [0.5, 0.6) is 5.88 Å². The van der Waals surface area contributed by atoms with Crippen LogP contribution in [0.1, 0.15) is 18.4 Å². The van der Waals surface area contributed by atoms with E-state index in [-0.39, 0.29) is 0 Å². The third kappa shape index (κ3) is 2.96. The van der Waals surface area contributed by atoms with Crippen LogP contribution in [0.25, 0.3) is 10.9 Å². The van der Waals surface area contributed by atoms with Crippen molar-refractivity contribution in [2.24, 2.45) is 0 Å². The van der Waals surface area contributed by atoms with Crippen LogP contribution in [0.4, 0.5) is 0 Å². The van der Waals surface area contributed by atoms with Gasteiger partial charge in [0.1, 0.15) is 0 Å². The SMILES string of the molecule is C1=CCC=CC(C(Oc2ccc3ccccc3n2)c2nnco2)=C1. The molecule has 2 aromatic heterocycles. The minimum Gasteiger partial charge on any atom is -0.459 e. The van der Waals surface area contributed by atoms with Crippen LogP contribution < -0.4 is 4.74 Å². The predicted molar refractivity (Wildman–Crippen MR) is 90.4 cm³/mol. The highest BCUT2D eigenvalue weighted by molar-refractivity contribution is 5.78. The van der Waals surface area contributed by atoms with Gasteiger partial charge in [-0.15, -0.1) is 10.2 Å². The molecule has 0 spiro atoms. The van der Waals surface area contributed by atoms with E-state index in [1.165, 1.54) is 6.39 Å². The number of hydrogen-bond acceptors (Lipinski definition) is 5. The molecular weight excluding hydrogens is 302 g/mol. The zero-order valence-corrected chi connectivity index (χ0v) is 12.9. The number of ether oxygens (including phenoxy) is 1. The molecule has 0 saturated heterocycles. The minimum atomic E-state index is -0.500. The van der Waals surface area contributed by atoms with Crippen LogP contribution >= 0.6 is 0 Å². The van der Waals surface area contributed by atoms with Gasteiger partial charge in [-0.05, 0) is 18.6 Å². The number of rotatable bonds is 4. The predicted octanol–water partition coefficient (Wildman–Crippen LogP) is 4.18. The van der Waals surface area contributed by atoms with Crippen molar-refractivity contribution in [1.29, 1.82) is 0 Å². The topological polar surface area (TPSA) is 61.0 Å². The maximum absolute atomic E-state index is 6.10. The summed E-state index contributed by atoms with van der Waals surface area (Å²) in [6, 6.07) is 11.7. The number of hydrogen-bond donors (Lipinski definition) is 0. The highest BCUT2D eigenvalue weighted by Gasteiger charge is 2.23. The summed E-state index contributed by atoms with van der Waals surface area (Å²) >= 11 is 0. The summed E-state index contributed by atoms with van der Waals surface area (Å²) < 4.78 is 11.5. The number of allylic oxidation sites excluding steroid dienone is 4. The van der Waals surface area contributed by atoms with Crippen molar-refractivity contribution >= 4 is 10.9 Å². The minimum absolute atomic E-state index is 0.399. The molecule has 1 aliphatic carbocycles. The molecule has 5 heteroatoms. The van der Waals surface area contributed by atoms with Crippen molar-refractivity contribution in [2.75, 3.05) is 0 Å². The van der Waals surface area contributed by atoms with Crippen LogP contribution in [0.15, 0.2) is 83.2 Å². The fraction of sp³-hybridized carbons (Fsp3) is 0.105. The lowest BCUT2D eigenvalue weighted by Crippen LogP contribution is -2.11. The third-order valence-corrected chi connectivity index (χ3v) is 3.72. The largest absolute Gasteiger partial charge is 0.459 e. The molecule has 1 atom stereocenters. The fourth-order valence-electron chi connectivity index (χ4n) is 2.56. The van der Waals surface area contributed by atoms with Gasteiger partial charge in [0.15, 0.2) is 0 Å². The number of fused-ring (bicyclic) bond motifs is 1. The first-order chi connectivity index (χ1) is 11.9. The Kier molecular flexibility index (Phi) is 3.90. The lowest BCUT2D eigenvalue weighted by molar-refractivity contribution is 0.200. The van der Waals surface area contributed by atoms with Gasteiger partial charge in [-0.2, -0.15) is 0 Å². The van der Waals surface area contributed by atoms with Gasteiger partial charge >= 0.3 is 0 Å². The Balaban J connectivity index is 1.70. The number of para-hydroxylation sites is 1. The fourth-order valence-corrected chi connectivity index (χ4v) is 2.56. The van der Waals surface area contributed by atoms with Gasteiger partial charge in [-0.1, -0.05) is 48.6 Å². The summed E-state index contributed by atoms with van der Waals surface area (Å²) in [6.07, 6.45) is 11.8. The van der Waals surface area contributed by atoms with Gasteiger partial charge in [0, 0.05) is 17.0 Å². The average molecular weight is 317 g/mol. The molecule has 0 amide bonds. The molecule has 24 heavy (non-hydrogen) atoms. The van der Waals surface area contributed by atoms with Gasteiger partial charge < -0.3 is 9.15 Å². The van der Waals surface area contributed by atoms with Crippen molar-refractivity contribution < 1.29 is 9.15 Å². The molecule has 2 heterocycles. The van der Waals surface area contributed by atoms with Gasteiger partial charge in [0.25, 0.3) is 5.89 Å². The van der Waals surface area contributed by atoms with Crippen LogP contribution in [0, 0.1) is 0 Å². The molecule has 0 N–H and O–H groups in total. The summed E-state index contributed by atoms with van der Waals surface area (Å²) in [5.41, 5.74) is 1.81. The van der Waals surface area contributed by atoms with Crippen molar-refractivity contribution in [1.82, 2.24) is 15.2 Å². The zero-order chi connectivity index (χ0) is 16.2. The zero-order valence-electron chi connectivity index (χ0n) is 12.9. The summed E-state index contributed by atoms with van der Waals surface area (Å²) in [5, 5.41) is 8.84. The monoisotopic (exact) mass is 317 g/mol. The molecular formula is C19H15N3O2.